The standard InChI is InChI=1S/C42H47N3O6S2/c1-7-43-41-22-15-34(23-31(41)6)42(39-20-16-35(24-29(39)4)44(8-2)27-32-13-18-37(19-14-32)52(46,47)48)40-21-17-36(25-30(40)5)45(9-3)28-33-11-10-12-38(26-33)53(49,50)51/h10-26H,7-9,27-28H2,1-6H3,(H2,46,47,48,49,50,51)/p+1. The van der Waals surface area contributed by atoms with Crippen molar-refractivity contribution in [2.45, 2.75) is 64.4 Å². The van der Waals surface area contributed by atoms with E-state index < -0.39 is 20.2 Å². The molecule has 53 heavy (non-hydrogen) atoms. The predicted octanol–water partition coefficient (Wildman–Crippen LogP) is 8.25. The SMILES string of the molecule is CCNc1ccc(/C(=C2/C=CC(=[N+](CC)Cc3cccc(S(=O)(=O)O)c3)C=C2C)c2ccc(N(CC)Cc3ccc(S(=O)(=O)O)cc3)cc2C)cc1C. The van der Waals surface area contributed by atoms with Gasteiger partial charge in [0.2, 0.25) is 0 Å². The zero-order valence-electron chi connectivity index (χ0n) is 31.1. The third-order valence-corrected chi connectivity index (χ3v) is 11.2. The molecule has 0 aromatic heterocycles. The van der Waals surface area contributed by atoms with E-state index in [1.165, 1.54) is 24.3 Å². The van der Waals surface area contributed by atoms with E-state index in [-0.39, 0.29) is 9.79 Å². The van der Waals surface area contributed by atoms with Crippen LogP contribution < -0.4 is 10.2 Å². The topological polar surface area (TPSA) is 127 Å². The van der Waals surface area contributed by atoms with E-state index in [0.29, 0.717) is 19.6 Å². The smallest absolute Gasteiger partial charge is 0.294 e. The van der Waals surface area contributed by atoms with Gasteiger partial charge in [0.15, 0.2) is 12.3 Å². The molecule has 1 aliphatic rings. The molecule has 4 aromatic carbocycles. The van der Waals surface area contributed by atoms with Crippen molar-refractivity contribution in [2.75, 3.05) is 29.9 Å². The Bertz CT molecular complexity index is 2360. The number of allylic oxidation sites excluding steroid dienone is 5. The molecule has 278 valence electrons. The van der Waals surface area contributed by atoms with E-state index in [0.717, 1.165) is 80.3 Å². The van der Waals surface area contributed by atoms with Crippen LogP contribution in [-0.4, -0.2) is 55.9 Å². The predicted molar refractivity (Wildman–Crippen MR) is 214 cm³/mol. The van der Waals surface area contributed by atoms with Gasteiger partial charge in [-0.25, -0.2) is 4.58 Å². The van der Waals surface area contributed by atoms with Crippen molar-refractivity contribution >= 4 is 42.9 Å². The number of anilines is 2. The van der Waals surface area contributed by atoms with Crippen molar-refractivity contribution in [3.05, 3.63) is 148 Å². The minimum absolute atomic E-state index is 0.120. The molecule has 0 unspecified atom stereocenters. The summed E-state index contributed by atoms with van der Waals surface area (Å²) < 4.78 is 67.8. The number of hydrogen-bond donors (Lipinski definition) is 3. The van der Waals surface area contributed by atoms with Crippen LogP contribution in [0.4, 0.5) is 11.4 Å². The molecule has 4 aromatic rings. The van der Waals surface area contributed by atoms with Crippen LogP contribution in [0.1, 0.15) is 61.1 Å². The van der Waals surface area contributed by atoms with Gasteiger partial charge in [0, 0.05) is 48.7 Å². The van der Waals surface area contributed by atoms with Gasteiger partial charge in [0.25, 0.3) is 20.2 Å². The summed E-state index contributed by atoms with van der Waals surface area (Å²) in [5.41, 5.74) is 12.6. The Labute approximate surface area is 314 Å². The van der Waals surface area contributed by atoms with Crippen LogP contribution in [0.5, 0.6) is 0 Å². The van der Waals surface area contributed by atoms with Crippen LogP contribution in [0.15, 0.2) is 124 Å². The van der Waals surface area contributed by atoms with Crippen molar-refractivity contribution in [1.29, 1.82) is 0 Å². The largest absolute Gasteiger partial charge is 0.385 e. The molecule has 0 aliphatic heterocycles. The van der Waals surface area contributed by atoms with Crippen molar-refractivity contribution in [2.24, 2.45) is 0 Å². The monoisotopic (exact) mass is 754 g/mol. The number of hydrogen-bond acceptors (Lipinski definition) is 6. The second-order valence-electron chi connectivity index (χ2n) is 13.2. The highest BCUT2D eigenvalue weighted by atomic mass is 32.2. The molecule has 0 heterocycles. The van der Waals surface area contributed by atoms with Gasteiger partial charge in [-0.05, 0) is 141 Å². The lowest BCUT2D eigenvalue weighted by Crippen LogP contribution is -2.22. The van der Waals surface area contributed by atoms with Gasteiger partial charge >= 0.3 is 0 Å². The Hall–Kier alpha value is -4.81. The molecular formula is C42H48N3O6S2+. The molecule has 1 aliphatic carbocycles. The molecular weight excluding hydrogens is 707 g/mol. The minimum atomic E-state index is -4.30. The highest BCUT2D eigenvalue weighted by Crippen LogP contribution is 2.37. The van der Waals surface area contributed by atoms with Crippen molar-refractivity contribution < 1.29 is 30.5 Å². The van der Waals surface area contributed by atoms with Gasteiger partial charge in [-0.1, -0.05) is 36.4 Å². The molecule has 0 amide bonds. The first-order valence-corrected chi connectivity index (χ1v) is 20.6. The third kappa shape index (κ3) is 9.41. The number of nitrogens with zero attached hydrogens (tertiary/aromatic N) is 2. The normalized spacial score (nSPS) is 15.2. The van der Waals surface area contributed by atoms with Crippen LogP contribution in [0, 0.1) is 13.8 Å². The van der Waals surface area contributed by atoms with Crippen LogP contribution in [0.2, 0.25) is 0 Å². The Morgan fingerprint density at radius 3 is 2.06 bits per heavy atom. The van der Waals surface area contributed by atoms with E-state index in [1.807, 2.05) is 6.07 Å². The molecule has 3 N–H and O–H groups in total. The van der Waals surface area contributed by atoms with E-state index in [9.17, 15) is 25.9 Å². The molecule has 11 heteroatoms. The van der Waals surface area contributed by atoms with Crippen molar-refractivity contribution in [3.63, 3.8) is 0 Å². The second kappa shape index (κ2) is 16.5. The number of nitrogens with one attached hydrogen (secondary N) is 1. The van der Waals surface area contributed by atoms with E-state index >= 15 is 0 Å². The third-order valence-electron chi connectivity index (χ3n) is 9.50. The van der Waals surface area contributed by atoms with Gasteiger partial charge in [-0.3, -0.25) is 9.11 Å². The van der Waals surface area contributed by atoms with Crippen LogP contribution >= 0.6 is 0 Å². The minimum Gasteiger partial charge on any atom is -0.385 e. The zero-order valence-corrected chi connectivity index (χ0v) is 32.7. The van der Waals surface area contributed by atoms with Gasteiger partial charge in [-0.15, -0.1) is 0 Å². The van der Waals surface area contributed by atoms with E-state index in [2.05, 4.69) is 111 Å². The van der Waals surface area contributed by atoms with Crippen molar-refractivity contribution in [1.82, 2.24) is 0 Å². The summed E-state index contributed by atoms with van der Waals surface area (Å²) in [4.78, 5) is 1.97. The highest BCUT2D eigenvalue weighted by molar-refractivity contribution is 7.86. The number of rotatable bonds is 13. The maximum absolute atomic E-state index is 11.8. The molecule has 0 saturated heterocycles. The molecule has 0 fully saturated rings. The Morgan fingerprint density at radius 1 is 0.755 bits per heavy atom. The van der Waals surface area contributed by atoms with Crippen LogP contribution in [-0.2, 0) is 33.3 Å². The summed E-state index contributed by atoms with van der Waals surface area (Å²) >= 11 is 0. The Morgan fingerprint density at radius 2 is 1.47 bits per heavy atom. The first-order valence-electron chi connectivity index (χ1n) is 17.7. The fourth-order valence-electron chi connectivity index (χ4n) is 6.70. The number of aryl methyl sites for hydroxylation is 2. The molecule has 5 rings (SSSR count). The summed E-state index contributed by atoms with van der Waals surface area (Å²) in [6, 6.07) is 25.7. The molecule has 0 saturated carbocycles. The molecule has 0 radical (unpaired) electrons. The Kier molecular flexibility index (Phi) is 12.2. The molecule has 0 bridgehead atoms. The van der Waals surface area contributed by atoms with Gasteiger partial charge in [0.05, 0.1) is 9.79 Å². The maximum Gasteiger partial charge on any atom is 0.294 e. The van der Waals surface area contributed by atoms with Gasteiger partial charge in [-0.2, -0.15) is 16.8 Å². The fraction of sp³-hybridized carbons (Fsp3) is 0.262. The molecule has 0 spiro atoms. The second-order valence-corrected chi connectivity index (χ2v) is 16.0. The summed E-state index contributed by atoms with van der Waals surface area (Å²) in [6.45, 7) is 15.9. The summed E-state index contributed by atoms with van der Waals surface area (Å²) in [5, 5.41) is 3.45. The van der Waals surface area contributed by atoms with Crippen LogP contribution in [0.25, 0.3) is 5.57 Å². The fourth-order valence-corrected chi connectivity index (χ4v) is 7.73. The first kappa shape index (κ1) is 39.4. The quantitative estimate of drug-likeness (QED) is 0.0921. The zero-order chi connectivity index (χ0) is 38.5. The van der Waals surface area contributed by atoms with E-state index in [4.69, 9.17) is 0 Å². The summed E-state index contributed by atoms with van der Waals surface area (Å²) in [5.74, 6) is 0. The van der Waals surface area contributed by atoms with Gasteiger partial charge < -0.3 is 10.2 Å². The lowest BCUT2D eigenvalue weighted by molar-refractivity contribution is -0.539. The number of benzene rings is 4. The Balaban J connectivity index is 1.56. The molecule has 9 nitrogen and oxygen atoms in total. The van der Waals surface area contributed by atoms with Gasteiger partial charge in [0.1, 0.15) is 6.54 Å². The maximum atomic E-state index is 11.8. The molecule has 0 atom stereocenters. The van der Waals surface area contributed by atoms with Crippen molar-refractivity contribution in [3.8, 4) is 0 Å². The summed E-state index contributed by atoms with van der Waals surface area (Å²) in [7, 11) is -8.56. The average molecular weight is 755 g/mol. The summed E-state index contributed by atoms with van der Waals surface area (Å²) in [6.07, 6.45) is 6.43. The van der Waals surface area contributed by atoms with Crippen LogP contribution in [0.3, 0.4) is 0 Å². The van der Waals surface area contributed by atoms with E-state index in [1.54, 1.807) is 18.2 Å². The highest BCUT2D eigenvalue weighted by Gasteiger charge is 2.22. The first-order chi connectivity index (χ1) is 25.1. The lowest BCUT2D eigenvalue weighted by atomic mass is 9.85. The lowest BCUT2D eigenvalue weighted by Gasteiger charge is -2.25. The average Bonchev–Trinajstić information content (AvgIpc) is 3.11.